The van der Waals surface area contributed by atoms with Gasteiger partial charge in [0, 0.05) is 25.9 Å². The van der Waals surface area contributed by atoms with Crippen LogP contribution in [-0.4, -0.2) is 44.0 Å². The van der Waals surface area contributed by atoms with Gasteiger partial charge in [-0.3, -0.25) is 0 Å². The molecular weight excluding hydrogens is 270 g/mol. The smallest absolute Gasteiger partial charge is 0.248 e. The zero-order valence-corrected chi connectivity index (χ0v) is 12.7. The lowest BCUT2D eigenvalue weighted by Crippen LogP contribution is -2.42. The maximum atomic E-state index is 13.4. The lowest BCUT2D eigenvalue weighted by Gasteiger charge is -2.37. The van der Waals surface area contributed by atoms with Gasteiger partial charge in [0.1, 0.15) is 0 Å². The standard InChI is InChI=1S/C14H26F2N2.ClH/c1-17-9-13-5-3-7-18(11-13)10-12-4-2-6-14(15,16)8-12;/h12-13,17H,2-11H2,1H3;1H. The van der Waals surface area contributed by atoms with Gasteiger partial charge in [0.05, 0.1) is 0 Å². The molecule has 19 heavy (non-hydrogen) atoms. The number of alkyl halides is 2. The van der Waals surface area contributed by atoms with Crippen molar-refractivity contribution >= 4 is 12.4 Å². The van der Waals surface area contributed by atoms with Gasteiger partial charge in [-0.25, -0.2) is 8.78 Å². The quantitative estimate of drug-likeness (QED) is 0.857. The molecule has 0 radical (unpaired) electrons. The van der Waals surface area contributed by atoms with Crippen LogP contribution < -0.4 is 5.32 Å². The van der Waals surface area contributed by atoms with E-state index in [0.717, 1.165) is 32.6 Å². The molecule has 2 atom stereocenters. The molecule has 2 rings (SSSR count). The van der Waals surface area contributed by atoms with Crippen LogP contribution in [0.15, 0.2) is 0 Å². The van der Waals surface area contributed by atoms with E-state index in [1.54, 1.807) is 0 Å². The third-order valence-corrected chi connectivity index (χ3v) is 4.35. The van der Waals surface area contributed by atoms with Crippen molar-refractivity contribution in [1.82, 2.24) is 10.2 Å². The van der Waals surface area contributed by atoms with Crippen LogP contribution in [0.4, 0.5) is 8.78 Å². The zero-order valence-electron chi connectivity index (χ0n) is 11.8. The molecule has 1 saturated heterocycles. The largest absolute Gasteiger partial charge is 0.319 e. The highest BCUT2D eigenvalue weighted by atomic mass is 35.5. The summed E-state index contributed by atoms with van der Waals surface area (Å²) in [6, 6.07) is 0. The molecule has 5 heteroatoms. The van der Waals surface area contributed by atoms with Crippen molar-refractivity contribution in [1.29, 1.82) is 0 Å². The molecule has 0 aromatic rings. The van der Waals surface area contributed by atoms with Gasteiger partial charge in [0.25, 0.3) is 0 Å². The summed E-state index contributed by atoms with van der Waals surface area (Å²) in [5, 5.41) is 3.23. The Labute approximate surface area is 121 Å². The van der Waals surface area contributed by atoms with E-state index in [2.05, 4.69) is 10.2 Å². The second kappa shape index (κ2) is 7.75. The Bertz CT molecular complexity index is 262. The summed E-state index contributed by atoms with van der Waals surface area (Å²) in [7, 11) is 1.99. The number of likely N-dealkylation sites (tertiary alicyclic amines) is 1. The fourth-order valence-electron chi connectivity index (χ4n) is 3.57. The van der Waals surface area contributed by atoms with Crippen LogP contribution in [-0.2, 0) is 0 Å². The van der Waals surface area contributed by atoms with Crippen molar-refractivity contribution in [2.45, 2.75) is 44.4 Å². The van der Waals surface area contributed by atoms with Crippen molar-refractivity contribution in [3.05, 3.63) is 0 Å². The third-order valence-electron chi connectivity index (χ3n) is 4.35. The van der Waals surface area contributed by atoms with E-state index < -0.39 is 5.92 Å². The molecule has 0 aromatic heterocycles. The first-order valence-corrected chi connectivity index (χ1v) is 7.34. The predicted octanol–water partition coefficient (Wildman–Crippen LogP) is 3.17. The van der Waals surface area contributed by atoms with Crippen LogP contribution in [0.2, 0.25) is 0 Å². The first-order valence-electron chi connectivity index (χ1n) is 7.34. The molecule has 0 aromatic carbocycles. The Morgan fingerprint density at radius 2 is 1.95 bits per heavy atom. The second-order valence-electron chi connectivity index (χ2n) is 6.14. The molecule has 114 valence electrons. The minimum atomic E-state index is -2.40. The van der Waals surface area contributed by atoms with Crippen LogP contribution in [0, 0.1) is 11.8 Å². The van der Waals surface area contributed by atoms with E-state index in [4.69, 9.17) is 0 Å². The molecule has 1 N–H and O–H groups in total. The van der Waals surface area contributed by atoms with Gasteiger partial charge in [-0.05, 0) is 57.7 Å². The summed E-state index contributed by atoms with van der Waals surface area (Å²) >= 11 is 0. The third kappa shape index (κ3) is 5.52. The maximum absolute atomic E-state index is 13.4. The Morgan fingerprint density at radius 3 is 2.63 bits per heavy atom. The average molecular weight is 297 g/mol. The van der Waals surface area contributed by atoms with Crippen molar-refractivity contribution in [2.24, 2.45) is 11.8 Å². The van der Waals surface area contributed by atoms with Gasteiger partial charge >= 0.3 is 0 Å². The van der Waals surface area contributed by atoms with Gasteiger partial charge < -0.3 is 10.2 Å². The molecule has 1 heterocycles. The first kappa shape index (κ1) is 17.1. The van der Waals surface area contributed by atoms with Crippen molar-refractivity contribution in [2.75, 3.05) is 33.2 Å². The molecule has 2 aliphatic rings. The summed E-state index contributed by atoms with van der Waals surface area (Å²) in [5.41, 5.74) is 0. The summed E-state index contributed by atoms with van der Waals surface area (Å²) < 4.78 is 26.8. The van der Waals surface area contributed by atoms with E-state index in [1.807, 2.05) is 7.05 Å². The van der Waals surface area contributed by atoms with E-state index in [9.17, 15) is 8.78 Å². The fourth-order valence-corrected chi connectivity index (χ4v) is 3.57. The average Bonchev–Trinajstić information content (AvgIpc) is 2.28. The van der Waals surface area contributed by atoms with E-state index >= 15 is 0 Å². The van der Waals surface area contributed by atoms with E-state index in [1.165, 1.54) is 12.8 Å². The molecule has 2 unspecified atom stereocenters. The van der Waals surface area contributed by atoms with Gasteiger partial charge in [-0.1, -0.05) is 0 Å². The summed E-state index contributed by atoms with van der Waals surface area (Å²) in [6.45, 7) is 4.12. The van der Waals surface area contributed by atoms with Crippen molar-refractivity contribution in [3.63, 3.8) is 0 Å². The summed E-state index contributed by atoms with van der Waals surface area (Å²) in [5.74, 6) is -1.49. The minimum Gasteiger partial charge on any atom is -0.319 e. The number of hydrogen-bond donors (Lipinski definition) is 1. The predicted molar refractivity (Wildman–Crippen MR) is 77.2 cm³/mol. The van der Waals surface area contributed by atoms with Crippen molar-refractivity contribution in [3.8, 4) is 0 Å². The van der Waals surface area contributed by atoms with Crippen LogP contribution >= 0.6 is 12.4 Å². The number of nitrogens with zero attached hydrogens (tertiary/aromatic N) is 1. The lowest BCUT2D eigenvalue weighted by atomic mass is 9.85. The van der Waals surface area contributed by atoms with Crippen LogP contribution in [0.3, 0.4) is 0 Å². The number of rotatable bonds is 4. The van der Waals surface area contributed by atoms with Gasteiger partial charge in [-0.15, -0.1) is 12.4 Å². The molecule has 0 amide bonds. The summed E-state index contributed by atoms with van der Waals surface area (Å²) in [4.78, 5) is 2.41. The number of hydrogen-bond acceptors (Lipinski definition) is 2. The maximum Gasteiger partial charge on any atom is 0.248 e. The Balaban J connectivity index is 0.00000180. The topological polar surface area (TPSA) is 15.3 Å². The highest BCUT2D eigenvalue weighted by molar-refractivity contribution is 5.85. The lowest BCUT2D eigenvalue weighted by molar-refractivity contribution is -0.0582. The van der Waals surface area contributed by atoms with Gasteiger partial charge in [-0.2, -0.15) is 0 Å². The second-order valence-corrected chi connectivity index (χ2v) is 6.14. The Morgan fingerprint density at radius 1 is 1.21 bits per heavy atom. The molecule has 2 nitrogen and oxygen atoms in total. The monoisotopic (exact) mass is 296 g/mol. The van der Waals surface area contributed by atoms with Crippen LogP contribution in [0.25, 0.3) is 0 Å². The number of piperidine rings is 1. The summed E-state index contributed by atoms with van der Waals surface area (Å²) in [6.07, 6.45) is 4.40. The zero-order chi connectivity index (χ0) is 13.0. The Kier molecular flexibility index (Phi) is 6.98. The molecule has 1 aliphatic heterocycles. The molecule has 1 saturated carbocycles. The molecular formula is C14H27ClF2N2. The molecule has 0 spiro atoms. The molecule has 1 aliphatic carbocycles. The normalized spacial score (nSPS) is 31.7. The highest BCUT2D eigenvalue weighted by Crippen LogP contribution is 2.37. The Hall–Kier alpha value is 0.0700. The van der Waals surface area contributed by atoms with Gasteiger partial charge in [0.2, 0.25) is 5.92 Å². The fraction of sp³-hybridized carbons (Fsp3) is 1.00. The number of halogens is 3. The van der Waals surface area contributed by atoms with E-state index in [-0.39, 0.29) is 31.2 Å². The number of nitrogens with one attached hydrogen (secondary N) is 1. The van der Waals surface area contributed by atoms with Crippen LogP contribution in [0.5, 0.6) is 0 Å². The van der Waals surface area contributed by atoms with Gasteiger partial charge in [0.15, 0.2) is 0 Å². The van der Waals surface area contributed by atoms with E-state index in [0.29, 0.717) is 12.3 Å². The molecule has 0 bridgehead atoms. The highest BCUT2D eigenvalue weighted by Gasteiger charge is 2.37. The molecule has 2 fully saturated rings. The van der Waals surface area contributed by atoms with Crippen molar-refractivity contribution < 1.29 is 8.78 Å². The SMILES string of the molecule is CNCC1CCCN(CC2CCCC(F)(F)C2)C1.Cl. The first-order chi connectivity index (χ1) is 8.59. The van der Waals surface area contributed by atoms with Crippen LogP contribution in [0.1, 0.15) is 38.5 Å². The minimum absolute atomic E-state index is 0.